The van der Waals surface area contributed by atoms with Crippen molar-refractivity contribution < 1.29 is 19.4 Å². The van der Waals surface area contributed by atoms with Crippen LogP contribution in [-0.4, -0.2) is 36.7 Å². The van der Waals surface area contributed by atoms with Crippen LogP contribution in [0.2, 0.25) is 0 Å². The lowest BCUT2D eigenvalue weighted by Crippen LogP contribution is -2.54. The normalized spacial score (nSPS) is 14.8. The highest BCUT2D eigenvalue weighted by molar-refractivity contribution is 5.81. The average Bonchev–Trinajstić information content (AvgIpc) is 2.03. The number of ether oxygens (including phenoxy) is 1. The van der Waals surface area contributed by atoms with Gasteiger partial charge >= 0.3 is 5.97 Å². The lowest BCUT2D eigenvalue weighted by atomic mass is 9.98. The smallest absolute Gasteiger partial charge is 0.331 e. The van der Waals surface area contributed by atoms with Gasteiger partial charge in [0.25, 0.3) is 0 Å². The lowest BCUT2D eigenvalue weighted by Gasteiger charge is -2.26. The molecule has 0 aliphatic heterocycles. The molecule has 0 rings (SSSR count). The monoisotopic (exact) mass is 175 g/mol. The van der Waals surface area contributed by atoms with E-state index in [1.807, 2.05) is 0 Å². The van der Waals surface area contributed by atoms with Gasteiger partial charge in [0.15, 0.2) is 5.54 Å². The molecule has 0 aromatic rings. The summed E-state index contributed by atoms with van der Waals surface area (Å²) in [5.74, 6) is -1.08. The fourth-order valence-corrected chi connectivity index (χ4v) is 0.880. The van der Waals surface area contributed by atoms with E-state index in [-0.39, 0.29) is 13.0 Å². The molecule has 0 radical (unpaired) electrons. The number of aliphatic carboxylic acids is 1. The predicted octanol–water partition coefficient (Wildman–Crippen LogP) is -0.388. The molecule has 0 aromatic carbocycles. The Kier molecular flexibility index (Phi) is 4.28. The van der Waals surface area contributed by atoms with Gasteiger partial charge < -0.3 is 15.2 Å². The number of carbonyl (C=O) groups is 2. The zero-order valence-electron chi connectivity index (χ0n) is 7.16. The maximum absolute atomic E-state index is 10.7. The van der Waals surface area contributed by atoms with Crippen molar-refractivity contribution in [3.63, 3.8) is 0 Å². The molecule has 12 heavy (non-hydrogen) atoms. The van der Waals surface area contributed by atoms with Crippen LogP contribution in [0.5, 0.6) is 0 Å². The van der Waals surface area contributed by atoms with Crippen LogP contribution in [0.15, 0.2) is 0 Å². The molecule has 0 saturated heterocycles. The van der Waals surface area contributed by atoms with Crippen molar-refractivity contribution in [3.8, 4) is 0 Å². The molecule has 0 aliphatic rings. The average molecular weight is 175 g/mol. The summed E-state index contributed by atoms with van der Waals surface area (Å²) in [7, 11) is 1.39. The van der Waals surface area contributed by atoms with Gasteiger partial charge in [0.05, 0.1) is 6.61 Å². The van der Waals surface area contributed by atoms with E-state index in [9.17, 15) is 9.59 Å². The van der Waals surface area contributed by atoms with Gasteiger partial charge in [-0.25, -0.2) is 4.79 Å². The van der Waals surface area contributed by atoms with Crippen LogP contribution in [0.4, 0.5) is 0 Å². The minimum atomic E-state index is -1.28. The minimum absolute atomic E-state index is 0.0302. The van der Waals surface area contributed by atoms with E-state index >= 15 is 0 Å². The molecule has 0 aliphatic carbocycles. The molecule has 70 valence electrons. The Hall–Kier alpha value is -1.10. The molecule has 5 nitrogen and oxygen atoms in total. The second kappa shape index (κ2) is 4.71. The zero-order valence-corrected chi connectivity index (χ0v) is 7.16. The molecule has 0 heterocycles. The van der Waals surface area contributed by atoms with Gasteiger partial charge in [-0.3, -0.25) is 4.79 Å². The Labute approximate surface area is 70.7 Å². The Morgan fingerprint density at radius 2 is 2.33 bits per heavy atom. The number of methoxy groups -OCH3 is 1. The van der Waals surface area contributed by atoms with Crippen LogP contribution in [0.1, 0.15) is 13.3 Å². The van der Waals surface area contributed by atoms with Crippen molar-refractivity contribution in [1.29, 1.82) is 0 Å². The van der Waals surface area contributed by atoms with E-state index in [4.69, 9.17) is 9.84 Å². The van der Waals surface area contributed by atoms with E-state index in [1.165, 1.54) is 7.11 Å². The number of hydrogen-bond acceptors (Lipinski definition) is 3. The summed E-state index contributed by atoms with van der Waals surface area (Å²) in [6.07, 6.45) is 0.658. The van der Waals surface area contributed by atoms with Crippen LogP contribution >= 0.6 is 0 Å². The van der Waals surface area contributed by atoms with E-state index in [0.717, 1.165) is 0 Å². The standard InChI is InChI=1S/C7H13NO4/c1-3-7(4-12-2,6(10)11)8-5-9/h5H,3-4H2,1-2H3,(H,8,9)(H,10,11). The molecular weight excluding hydrogens is 162 g/mol. The molecular formula is C7H13NO4. The fourth-order valence-electron chi connectivity index (χ4n) is 0.880. The first-order valence-electron chi connectivity index (χ1n) is 3.56. The number of hydrogen-bond donors (Lipinski definition) is 2. The second-order valence-electron chi connectivity index (χ2n) is 2.44. The number of rotatable bonds is 6. The summed E-state index contributed by atoms with van der Waals surface area (Å²) in [5.41, 5.74) is -1.28. The minimum Gasteiger partial charge on any atom is -0.479 e. The molecule has 1 atom stereocenters. The van der Waals surface area contributed by atoms with Crippen molar-refractivity contribution in [2.75, 3.05) is 13.7 Å². The van der Waals surface area contributed by atoms with Crippen LogP contribution in [0.25, 0.3) is 0 Å². The molecule has 1 amide bonds. The van der Waals surface area contributed by atoms with E-state index in [0.29, 0.717) is 6.41 Å². The third-order valence-electron chi connectivity index (χ3n) is 1.74. The SMILES string of the molecule is CCC(COC)(NC=O)C(=O)O. The zero-order chi connectivity index (χ0) is 9.61. The van der Waals surface area contributed by atoms with Crippen molar-refractivity contribution in [2.45, 2.75) is 18.9 Å². The van der Waals surface area contributed by atoms with Gasteiger partial charge in [-0.1, -0.05) is 6.92 Å². The van der Waals surface area contributed by atoms with Gasteiger partial charge in [-0.15, -0.1) is 0 Å². The molecule has 0 spiro atoms. The van der Waals surface area contributed by atoms with E-state index < -0.39 is 11.5 Å². The first kappa shape index (κ1) is 10.9. The Morgan fingerprint density at radius 3 is 2.58 bits per heavy atom. The highest BCUT2D eigenvalue weighted by Crippen LogP contribution is 2.09. The summed E-state index contributed by atoms with van der Waals surface area (Å²) < 4.78 is 4.71. The quantitative estimate of drug-likeness (QED) is 0.539. The van der Waals surface area contributed by atoms with Gasteiger partial charge in [0.1, 0.15) is 0 Å². The summed E-state index contributed by atoms with van der Waals surface area (Å²) >= 11 is 0. The summed E-state index contributed by atoms with van der Waals surface area (Å²) in [5, 5.41) is 11.0. The third-order valence-corrected chi connectivity index (χ3v) is 1.74. The van der Waals surface area contributed by atoms with Crippen LogP contribution in [0, 0.1) is 0 Å². The molecule has 1 unspecified atom stereocenters. The number of carboxylic acids is 1. The summed E-state index contributed by atoms with van der Waals surface area (Å²) in [6.45, 7) is 1.64. The van der Waals surface area contributed by atoms with Gasteiger partial charge in [-0.2, -0.15) is 0 Å². The predicted molar refractivity (Wildman–Crippen MR) is 41.7 cm³/mol. The van der Waals surface area contributed by atoms with Crippen molar-refractivity contribution in [2.24, 2.45) is 0 Å². The van der Waals surface area contributed by atoms with Gasteiger partial charge in [-0.05, 0) is 6.42 Å². The van der Waals surface area contributed by atoms with Gasteiger partial charge in [0, 0.05) is 7.11 Å². The molecule has 0 aromatic heterocycles. The molecule has 5 heteroatoms. The van der Waals surface area contributed by atoms with Crippen molar-refractivity contribution in [3.05, 3.63) is 0 Å². The first-order chi connectivity index (χ1) is 5.63. The second-order valence-corrected chi connectivity index (χ2v) is 2.44. The van der Waals surface area contributed by atoms with E-state index in [2.05, 4.69) is 5.32 Å². The number of nitrogens with one attached hydrogen (secondary N) is 1. The topological polar surface area (TPSA) is 75.6 Å². The van der Waals surface area contributed by atoms with Crippen LogP contribution < -0.4 is 5.32 Å². The Morgan fingerprint density at radius 1 is 1.75 bits per heavy atom. The van der Waals surface area contributed by atoms with E-state index in [1.54, 1.807) is 6.92 Å². The number of carboxylic acid groups (broad SMARTS) is 1. The van der Waals surface area contributed by atoms with Crippen LogP contribution in [0.3, 0.4) is 0 Å². The maximum Gasteiger partial charge on any atom is 0.331 e. The largest absolute Gasteiger partial charge is 0.479 e. The summed E-state index contributed by atoms with van der Waals surface area (Å²) in [4.78, 5) is 20.9. The lowest BCUT2D eigenvalue weighted by molar-refractivity contribution is -0.149. The van der Waals surface area contributed by atoms with Crippen molar-refractivity contribution >= 4 is 12.4 Å². The van der Waals surface area contributed by atoms with Crippen molar-refractivity contribution in [1.82, 2.24) is 5.32 Å². The highest BCUT2D eigenvalue weighted by atomic mass is 16.5. The Balaban J connectivity index is 4.49. The maximum atomic E-state index is 10.7. The number of carbonyl (C=O) groups excluding carboxylic acids is 1. The third kappa shape index (κ3) is 2.20. The Bertz CT molecular complexity index is 171. The summed E-state index contributed by atoms with van der Waals surface area (Å²) in [6, 6.07) is 0. The van der Waals surface area contributed by atoms with Gasteiger partial charge in [0.2, 0.25) is 6.41 Å². The molecule has 0 saturated carbocycles. The number of amides is 1. The highest BCUT2D eigenvalue weighted by Gasteiger charge is 2.36. The fraction of sp³-hybridized carbons (Fsp3) is 0.714. The molecule has 0 bridgehead atoms. The molecule has 0 fully saturated rings. The molecule has 2 N–H and O–H groups in total. The first-order valence-corrected chi connectivity index (χ1v) is 3.56. The van der Waals surface area contributed by atoms with Crippen LogP contribution in [-0.2, 0) is 14.3 Å².